The van der Waals surface area contributed by atoms with Gasteiger partial charge in [0.05, 0.1) is 22.0 Å². The van der Waals surface area contributed by atoms with Crippen LogP contribution in [0.4, 0.5) is 0 Å². The van der Waals surface area contributed by atoms with Crippen molar-refractivity contribution in [3.63, 3.8) is 0 Å². The van der Waals surface area contributed by atoms with Crippen molar-refractivity contribution in [1.29, 1.82) is 0 Å². The van der Waals surface area contributed by atoms with Crippen LogP contribution in [0.5, 0.6) is 0 Å². The van der Waals surface area contributed by atoms with Crippen LogP contribution in [0.15, 0.2) is 0 Å². The minimum absolute atomic E-state index is 0.346. The molecule has 0 aliphatic heterocycles. The molecule has 1 aliphatic carbocycles. The molecule has 1 aliphatic rings. The molecule has 1 saturated carbocycles. The minimum atomic E-state index is -0.593. The summed E-state index contributed by atoms with van der Waals surface area (Å²) in [4.78, 5) is 0. The highest BCUT2D eigenvalue weighted by atomic mass is 35.5. The van der Waals surface area contributed by atoms with Gasteiger partial charge < -0.3 is 5.11 Å². The third-order valence-electron chi connectivity index (χ3n) is 3.90. The van der Waals surface area contributed by atoms with Crippen molar-refractivity contribution in [1.82, 2.24) is 9.78 Å². The van der Waals surface area contributed by atoms with Crippen LogP contribution in [0.2, 0.25) is 5.02 Å². The second kappa shape index (κ2) is 4.04. The first-order valence-corrected chi connectivity index (χ1v) is 6.22. The zero-order valence-electron chi connectivity index (χ0n) is 10.1. The van der Waals surface area contributed by atoms with Crippen molar-refractivity contribution in [2.45, 2.75) is 45.1 Å². The fourth-order valence-electron chi connectivity index (χ4n) is 2.65. The molecule has 0 amide bonds. The smallest absolute Gasteiger partial charge is 0.0848 e. The Kier molecular flexibility index (Phi) is 3.01. The number of nitrogens with zero attached hydrogens (tertiary/aromatic N) is 2. The zero-order valence-corrected chi connectivity index (χ0v) is 10.9. The van der Waals surface area contributed by atoms with E-state index in [9.17, 15) is 5.11 Å². The van der Waals surface area contributed by atoms with Crippen molar-refractivity contribution >= 4 is 11.6 Å². The quantitative estimate of drug-likeness (QED) is 0.865. The summed E-state index contributed by atoms with van der Waals surface area (Å²) in [6.45, 7) is 4.01. The maximum absolute atomic E-state index is 10.6. The van der Waals surface area contributed by atoms with Gasteiger partial charge in [-0.15, -0.1) is 0 Å². The average Bonchev–Trinajstić information content (AvgIpc) is 2.64. The third kappa shape index (κ3) is 1.87. The first kappa shape index (κ1) is 11.9. The highest BCUT2D eigenvalue weighted by molar-refractivity contribution is 6.31. The Morgan fingerprint density at radius 1 is 1.62 bits per heavy atom. The van der Waals surface area contributed by atoms with E-state index < -0.39 is 5.60 Å². The Labute approximate surface area is 101 Å². The third-order valence-corrected chi connectivity index (χ3v) is 4.39. The van der Waals surface area contributed by atoms with Gasteiger partial charge >= 0.3 is 0 Å². The van der Waals surface area contributed by atoms with Gasteiger partial charge in [0.25, 0.3) is 0 Å². The van der Waals surface area contributed by atoms with Gasteiger partial charge in [-0.2, -0.15) is 5.10 Å². The molecule has 0 radical (unpaired) electrons. The second-order valence-electron chi connectivity index (χ2n) is 5.04. The summed E-state index contributed by atoms with van der Waals surface area (Å²) in [5.74, 6) is 0.346. The molecule has 2 rings (SSSR count). The lowest BCUT2D eigenvalue weighted by Crippen LogP contribution is -2.34. The Bertz CT molecular complexity index is 402. The fourth-order valence-corrected chi connectivity index (χ4v) is 2.88. The Balaban J connectivity index is 2.26. The molecule has 0 saturated heterocycles. The predicted octanol–water partition coefficient (Wildman–Crippen LogP) is 2.48. The molecule has 0 aromatic carbocycles. The number of aromatic nitrogens is 2. The molecular weight excluding hydrogens is 224 g/mol. The lowest BCUT2D eigenvalue weighted by molar-refractivity contribution is 0.00797. The molecule has 0 spiro atoms. The summed E-state index contributed by atoms with van der Waals surface area (Å²) in [6, 6.07) is 0. The van der Waals surface area contributed by atoms with Gasteiger partial charge in [-0.05, 0) is 25.7 Å². The number of halogens is 1. The van der Waals surface area contributed by atoms with Crippen molar-refractivity contribution in [2.75, 3.05) is 0 Å². The zero-order chi connectivity index (χ0) is 11.9. The molecule has 1 heterocycles. The molecule has 1 aromatic rings. The standard InChI is InChI=1S/C12H19ClN2O/c1-8-5-4-6-12(8,16)7-10-11(13)9(2)14-15(10)3/h8,16H,4-7H2,1-3H3. The molecule has 1 N–H and O–H groups in total. The maximum Gasteiger partial charge on any atom is 0.0848 e. The van der Waals surface area contributed by atoms with E-state index in [-0.39, 0.29) is 0 Å². The van der Waals surface area contributed by atoms with E-state index in [4.69, 9.17) is 11.6 Å². The molecule has 2 unspecified atom stereocenters. The largest absolute Gasteiger partial charge is 0.389 e. The number of aryl methyl sites for hydroxylation is 2. The molecule has 90 valence electrons. The van der Waals surface area contributed by atoms with Crippen LogP contribution >= 0.6 is 11.6 Å². The van der Waals surface area contributed by atoms with Gasteiger partial charge in [0, 0.05) is 13.5 Å². The van der Waals surface area contributed by atoms with E-state index >= 15 is 0 Å². The van der Waals surface area contributed by atoms with Crippen LogP contribution in [-0.2, 0) is 13.5 Å². The van der Waals surface area contributed by atoms with Crippen molar-refractivity contribution in [3.8, 4) is 0 Å². The Hall–Kier alpha value is -0.540. The van der Waals surface area contributed by atoms with E-state index in [1.54, 1.807) is 4.68 Å². The first-order valence-electron chi connectivity index (χ1n) is 5.84. The van der Waals surface area contributed by atoms with Crippen molar-refractivity contribution in [3.05, 3.63) is 16.4 Å². The molecule has 0 bridgehead atoms. The summed E-state index contributed by atoms with van der Waals surface area (Å²) in [5.41, 5.74) is 1.20. The predicted molar refractivity (Wildman–Crippen MR) is 64.6 cm³/mol. The topological polar surface area (TPSA) is 38.0 Å². The summed E-state index contributed by atoms with van der Waals surface area (Å²) in [6.07, 6.45) is 3.69. The maximum atomic E-state index is 10.6. The number of hydrogen-bond donors (Lipinski definition) is 1. The monoisotopic (exact) mass is 242 g/mol. The van der Waals surface area contributed by atoms with Crippen LogP contribution in [0.25, 0.3) is 0 Å². The van der Waals surface area contributed by atoms with Gasteiger partial charge in [-0.25, -0.2) is 0 Å². The van der Waals surface area contributed by atoms with E-state index in [1.165, 1.54) is 0 Å². The normalized spacial score (nSPS) is 29.9. The Morgan fingerprint density at radius 3 is 2.75 bits per heavy atom. The second-order valence-corrected chi connectivity index (χ2v) is 5.42. The summed E-state index contributed by atoms with van der Waals surface area (Å²) >= 11 is 6.21. The van der Waals surface area contributed by atoms with E-state index in [2.05, 4.69) is 12.0 Å². The summed E-state index contributed by atoms with van der Waals surface area (Å²) in [5, 5.41) is 15.6. The SMILES string of the molecule is Cc1nn(C)c(CC2(O)CCCC2C)c1Cl. The van der Waals surface area contributed by atoms with Gasteiger partial charge in [0.1, 0.15) is 0 Å². The van der Waals surface area contributed by atoms with Crippen LogP contribution in [0.1, 0.15) is 37.6 Å². The molecule has 4 heteroatoms. The average molecular weight is 243 g/mol. The van der Waals surface area contributed by atoms with Gasteiger partial charge in [-0.1, -0.05) is 24.9 Å². The van der Waals surface area contributed by atoms with Crippen molar-refractivity contribution < 1.29 is 5.11 Å². The number of rotatable bonds is 2. The highest BCUT2D eigenvalue weighted by Gasteiger charge is 2.39. The molecule has 2 atom stereocenters. The number of aliphatic hydroxyl groups is 1. The summed E-state index contributed by atoms with van der Waals surface area (Å²) in [7, 11) is 1.89. The van der Waals surface area contributed by atoms with Gasteiger partial charge in [0.15, 0.2) is 0 Å². The van der Waals surface area contributed by atoms with Gasteiger partial charge in [-0.3, -0.25) is 4.68 Å². The van der Waals surface area contributed by atoms with Crippen LogP contribution in [0, 0.1) is 12.8 Å². The molecule has 1 aromatic heterocycles. The van der Waals surface area contributed by atoms with Gasteiger partial charge in [0.2, 0.25) is 0 Å². The molecule has 3 nitrogen and oxygen atoms in total. The minimum Gasteiger partial charge on any atom is -0.389 e. The van der Waals surface area contributed by atoms with Crippen LogP contribution in [0.3, 0.4) is 0 Å². The van der Waals surface area contributed by atoms with Crippen LogP contribution in [-0.4, -0.2) is 20.5 Å². The Morgan fingerprint density at radius 2 is 2.31 bits per heavy atom. The van der Waals surface area contributed by atoms with E-state index in [0.717, 1.165) is 30.7 Å². The summed E-state index contributed by atoms with van der Waals surface area (Å²) < 4.78 is 1.79. The van der Waals surface area contributed by atoms with E-state index in [0.29, 0.717) is 17.4 Å². The molecular formula is C12H19ClN2O. The first-order chi connectivity index (χ1) is 7.44. The highest BCUT2D eigenvalue weighted by Crippen LogP contribution is 2.39. The fraction of sp³-hybridized carbons (Fsp3) is 0.750. The van der Waals surface area contributed by atoms with Crippen LogP contribution < -0.4 is 0 Å². The molecule has 1 fully saturated rings. The lowest BCUT2D eigenvalue weighted by atomic mass is 9.87. The number of hydrogen-bond acceptors (Lipinski definition) is 2. The van der Waals surface area contributed by atoms with Crippen molar-refractivity contribution in [2.24, 2.45) is 13.0 Å². The molecule has 16 heavy (non-hydrogen) atoms. The lowest BCUT2D eigenvalue weighted by Gasteiger charge is -2.27. The van der Waals surface area contributed by atoms with E-state index in [1.807, 2.05) is 14.0 Å².